The maximum atomic E-state index is 8.98. The van der Waals surface area contributed by atoms with Crippen molar-refractivity contribution in [3.63, 3.8) is 0 Å². The summed E-state index contributed by atoms with van der Waals surface area (Å²) in [5, 5.41) is 15.3. The molecule has 3 N–H and O–H groups in total. The smallest absolute Gasteiger partial charge is 0.158 e. The predicted molar refractivity (Wildman–Crippen MR) is 80.9 cm³/mol. The molecule has 6 nitrogen and oxygen atoms in total. The molecule has 0 bridgehead atoms. The Balaban J connectivity index is 2.50. The fourth-order valence-electron chi connectivity index (χ4n) is 1.73. The molecule has 0 fully saturated rings. The van der Waals surface area contributed by atoms with E-state index in [1.165, 1.54) is 0 Å². The lowest BCUT2D eigenvalue weighted by Gasteiger charge is -2.11. The highest BCUT2D eigenvalue weighted by Gasteiger charge is 2.04. The van der Waals surface area contributed by atoms with Gasteiger partial charge in [-0.2, -0.15) is 0 Å². The first kappa shape index (κ1) is 16.7. The van der Waals surface area contributed by atoms with Crippen molar-refractivity contribution >= 4 is 11.6 Å². The molecule has 6 heteroatoms. The highest BCUT2D eigenvalue weighted by Crippen LogP contribution is 2.12. The molecule has 114 valence electrons. The number of nitrogens with one attached hydrogen (secondary N) is 2. The van der Waals surface area contributed by atoms with Gasteiger partial charge in [-0.25, -0.2) is 9.97 Å². The Bertz CT molecular complexity index is 387. The van der Waals surface area contributed by atoms with E-state index in [-0.39, 0.29) is 6.61 Å². The number of rotatable bonds is 10. The molecule has 1 atom stereocenters. The summed E-state index contributed by atoms with van der Waals surface area (Å²) < 4.78 is 5.34. The second kappa shape index (κ2) is 9.50. The molecule has 0 aromatic carbocycles. The fraction of sp³-hybridized carbons (Fsp3) is 0.714. The van der Waals surface area contributed by atoms with E-state index in [4.69, 9.17) is 9.84 Å². The minimum Gasteiger partial charge on any atom is -0.396 e. The van der Waals surface area contributed by atoms with E-state index in [9.17, 15) is 0 Å². The van der Waals surface area contributed by atoms with Gasteiger partial charge in [0.25, 0.3) is 0 Å². The van der Waals surface area contributed by atoms with Crippen LogP contribution in [0.1, 0.15) is 32.5 Å². The van der Waals surface area contributed by atoms with E-state index in [0.717, 1.165) is 31.0 Å². The van der Waals surface area contributed by atoms with Crippen LogP contribution in [0.4, 0.5) is 11.6 Å². The van der Waals surface area contributed by atoms with Gasteiger partial charge < -0.3 is 20.5 Å². The van der Waals surface area contributed by atoms with Gasteiger partial charge in [0.15, 0.2) is 5.82 Å². The predicted octanol–water partition coefficient (Wildman–Crippen LogP) is 1.88. The number of hydrogen-bond acceptors (Lipinski definition) is 6. The van der Waals surface area contributed by atoms with E-state index >= 15 is 0 Å². The van der Waals surface area contributed by atoms with Crippen molar-refractivity contribution in [2.24, 2.45) is 5.92 Å². The number of ether oxygens (including phenoxy) is 1. The molecular formula is C14H26N4O2. The summed E-state index contributed by atoms with van der Waals surface area (Å²) in [6.07, 6.45) is 2.00. The lowest BCUT2D eigenvalue weighted by atomic mass is 10.1. The summed E-state index contributed by atoms with van der Waals surface area (Å²) >= 11 is 0. The maximum Gasteiger partial charge on any atom is 0.158 e. The molecule has 0 aliphatic rings. The zero-order chi connectivity index (χ0) is 14.8. The SMILES string of the molecule is CCOCc1nc(NC)cc(NCCCC(C)CO)n1. The molecule has 0 spiro atoms. The number of anilines is 2. The summed E-state index contributed by atoms with van der Waals surface area (Å²) in [6.45, 7) is 6.14. The Morgan fingerprint density at radius 1 is 1.35 bits per heavy atom. The summed E-state index contributed by atoms with van der Waals surface area (Å²) in [7, 11) is 1.83. The van der Waals surface area contributed by atoms with Crippen molar-refractivity contribution < 1.29 is 9.84 Å². The molecule has 1 aromatic heterocycles. The molecule has 1 heterocycles. The molecule has 0 amide bonds. The molecule has 0 saturated heterocycles. The van der Waals surface area contributed by atoms with Gasteiger partial charge in [-0.05, 0) is 25.7 Å². The van der Waals surface area contributed by atoms with E-state index < -0.39 is 0 Å². The van der Waals surface area contributed by atoms with Crippen molar-refractivity contribution in [3.8, 4) is 0 Å². The fourth-order valence-corrected chi connectivity index (χ4v) is 1.73. The highest BCUT2D eigenvalue weighted by molar-refractivity contribution is 5.47. The molecule has 1 unspecified atom stereocenters. The zero-order valence-corrected chi connectivity index (χ0v) is 12.6. The molecule has 0 aliphatic carbocycles. The van der Waals surface area contributed by atoms with Crippen LogP contribution in [0.25, 0.3) is 0 Å². The van der Waals surface area contributed by atoms with Crippen molar-refractivity contribution in [2.75, 3.05) is 37.4 Å². The topological polar surface area (TPSA) is 79.3 Å². The zero-order valence-electron chi connectivity index (χ0n) is 12.6. The number of aliphatic hydroxyl groups excluding tert-OH is 1. The Morgan fingerprint density at radius 2 is 2.10 bits per heavy atom. The average Bonchev–Trinajstić information content (AvgIpc) is 2.48. The Morgan fingerprint density at radius 3 is 2.75 bits per heavy atom. The van der Waals surface area contributed by atoms with Gasteiger partial charge in [-0.1, -0.05) is 6.92 Å². The average molecular weight is 282 g/mol. The molecule has 20 heavy (non-hydrogen) atoms. The number of aliphatic hydroxyl groups is 1. The first-order valence-electron chi connectivity index (χ1n) is 7.17. The Hall–Kier alpha value is -1.40. The molecular weight excluding hydrogens is 256 g/mol. The lowest BCUT2D eigenvalue weighted by molar-refractivity contribution is 0.128. The number of nitrogens with zero attached hydrogens (tertiary/aromatic N) is 2. The van der Waals surface area contributed by atoms with Crippen LogP contribution in [0.3, 0.4) is 0 Å². The Labute approximate surface area is 121 Å². The summed E-state index contributed by atoms with van der Waals surface area (Å²) in [5.41, 5.74) is 0. The molecule has 0 saturated carbocycles. The van der Waals surface area contributed by atoms with Crippen LogP contribution in [-0.4, -0.2) is 41.9 Å². The number of aromatic nitrogens is 2. The van der Waals surface area contributed by atoms with Gasteiger partial charge in [0.05, 0.1) is 0 Å². The third-order valence-corrected chi connectivity index (χ3v) is 2.96. The molecule has 1 aromatic rings. The van der Waals surface area contributed by atoms with Gasteiger partial charge in [0.1, 0.15) is 18.2 Å². The van der Waals surface area contributed by atoms with Gasteiger partial charge in [-0.3, -0.25) is 0 Å². The van der Waals surface area contributed by atoms with Crippen LogP contribution < -0.4 is 10.6 Å². The second-order valence-corrected chi connectivity index (χ2v) is 4.80. The van der Waals surface area contributed by atoms with Gasteiger partial charge >= 0.3 is 0 Å². The Kier molecular flexibility index (Phi) is 7.91. The van der Waals surface area contributed by atoms with Crippen LogP contribution >= 0.6 is 0 Å². The van der Waals surface area contributed by atoms with Crippen LogP contribution in [0, 0.1) is 5.92 Å². The monoisotopic (exact) mass is 282 g/mol. The van der Waals surface area contributed by atoms with Crippen LogP contribution in [0.5, 0.6) is 0 Å². The third kappa shape index (κ3) is 6.16. The summed E-state index contributed by atoms with van der Waals surface area (Å²) in [5.74, 6) is 2.60. The van der Waals surface area contributed by atoms with Crippen LogP contribution in [0.2, 0.25) is 0 Å². The molecule has 0 radical (unpaired) electrons. The van der Waals surface area contributed by atoms with Crippen molar-refractivity contribution in [1.29, 1.82) is 0 Å². The first-order valence-corrected chi connectivity index (χ1v) is 7.17. The number of hydrogen-bond donors (Lipinski definition) is 3. The summed E-state index contributed by atoms with van der Waals surface area (Å²) in [4.78, 5) is 8.76. The lowest BCUT2D eigenvalue weighted by Crippen LogP contribution is -2.10. The van der Waals surface area contributed by atoms with Crippen molar-refractivity contribution in [3.05, 3.63) is 11.9 Å². The standard InChI is InChI=1S/C14H26N4O2/c1-4-20-10-14-17-12(15-3)8-13(18-14)16-7-5-6-11(2)9-19/h8,11,19H,4-7,9-10H2,1-3H3,(H2,15,16,17,18). The van der Waals surface area contributed by atoms with Crippen molar-refractivity contribution in [1.82, 2.24) is 9.97 Å². The van der Waals surface area contributed by atoms with Crippen LogP contribution in [0.15, 0.2) is 6.07 Å². The minimum atomic E-state index is 0.246. The van der Waals surface area contributed by atoms with Crippen molar-refractivity contribution in [2.45, 2.75) is 33.3 Å². The minimum absolute atomic E-state index is 0.246. The third-order valence-electron chi connectivity index (χ3n) is 2.96. The molecule has 1 rings (SSSR count). The first-order chi connectivity index (χ1) is 9.69. The second-order valence-electron chi connectivity index (χ2n) is 4.80. The van der Waals surface area contributed by atoms with Gasteiger partial charge in [0, 0.05) is 32.9 Å². The van der Waals surface area contributed by atoms with E-state index in [0.29, 0.717) is 25.0 Å². The van der Waals surface area contributed by atoms with Gasteiger partial charge in [-0.15, -0.1) is 0 Å². The molecule has 0 aliphatic heterocycles. The largest absolute Gasteiger partial charge is 0.396 e. The quantitative estimate of drug-likeness (QED) is 0.569. The van der Waals surface area contributed by atoms with Crippen LogP contribution in [-0.2, 0) is 11.3 Å². The summed E-state index contributed by atoms with van der Waals surface area (Å²) in [6, 6.07) is 1.88. The highest BCUT2D eigenvalue weighted by atomic mass is 16.5. The van der Waals surface area contributed by atoms with E-state index in [2.05, 4.69) is 20.6 Å². The van der Waals surface area contributed by atoms with Gasteiger partial charge in [0.2, 0.25) is 0 Å². The normalized spacial score (nSPS) is 12.2. The van der Waals surface area contributed by atoms with E-state index in [1.54, 1.807) is 0 Å². The maximum absolute atomic E-state index is 8.98. The van der Waals surface area contributed by atoms with E-state index in [1.807, 2.05) is 27.0 Å².